The van der Waals surface area contributed by atoms with Crippen molar-refractivity contribution in [2.45, 2.75) is 0 Å². The number of hydrogen-bond donors (Lipinski definition) is 2. The number of fused-ring (bicyclic) bond motifs is 2. The number of para-hydroxylation sites is 2. The van der Waals surface area contributed by atoms with Gasteiger partial charge in [0, 0.05) is 23.9 Å². The summed E-state index contributed by atoms with van der Waals surface area (Å²) in [5.74, 6) is 0. The predicted octanol–water partition coefficient (Wildman–Crippen LogP) is 3.18. The van der Waals surface area contributed by atoms with E-state index in [0.717, 1.165) is 34.0 Å². The Bertz CT molecular complexity index is 643. The van der Waals surface area contributed by atoms with Gasteiger partial charge in [-0.2, -0.15) is 0 Å². The third kappa shape index (κ3) is 2.48. The average molecular weight is 274 g/mol. The lowest BCUT2D eigenvalue weighted by atomic mass is 10.1. The summed E-state index contributed by atoms with van der Waals surface area (Å²) in [6, 6.07) is 16.3. The molecule has 0 spiro atoms. The van der Waals surface area contributed by atoms with Gasteiger partial charge >= 0.3 is 0 Å². The Morgan fingerprint density at radius 1 is 0.895 bits per heavy atom. The van der Waals surface area contributed by atoms with Crippen LogP contribution in [0, 0.1) is 0 Å². The number of anilines is 1. The number of aromatic nitrogens is 1. The number of halogens is 1. The minimum Gasteiger partial charge on any atom is -0.383 e. The number of nitrogens with zero attached hydrogens (tertiary/aromatic N) is 1. The topological polar surface area (TPSA) is 50.9 Å². The molecule has 3 N–H and O–H groups in total. The van der Waals surface area contributed by atoms with Crippen LogP contribution in [-0.2, 0) is 0 Å². The van der Waals surface area contributed by atoms with Gasteiger partial charge in [0.25, 0.3) is 0 Å². The van der Waals surface area contributed by atoms with Crippen molar-refractivity contribution in [2.24, 2.45) is 5.73 Å². The first-order chi connectivity index (χ1) is 8.90. The Kier molecular flexibility index (Phi) is 4.20. The largest absolute Gasteiger partial charge is 0.383 e. The summed E-state index contributed by atoms with van der Waals surface area (Å²) in [6.07, 6.45) is 0. The Balaban J connectivity index is 0.00000133. The van der Waals surface area contributed by atoms with Crippen LogP contribution in [0.15, 0.2) is 48.5 Å². The van der Waals surface area contributed by atoms with Crippen molar-refractivity contribution in [2.75, 3.05) is 18.4 Å². The maximum atomic E-state index is 5.59. The van der Waals surface area contributed by atoms with Crippen LogP contribution < -0.4 is 11.1 Å². The number of rotatable bonds is 3. The van der Waals surface area contributed by atoms with E-state index in [1.807, 2.05) is 36.4 Å². The highest BCUT2D eigenvalue weighted by Gasteiger charge is 2.07. The van der Waals surface area contributed by atoms with Crippen molar-refractivity contribution in [3.63, 3.8) is 0 Å². The SMILES string of the molecule is Cl.NCCNc1c2ccccc2nc2ccccc12. The molecule has 4 heteroatoms. The quantitative estimate of drug-likeness (QED) is 0.721. The van der Waals surface area contributed by atoms with E-state index in [4.69, 9.17) is 5.73 Å². The molecule has 0 saturated carbocycles. The number of nitrogens with two attached hydrogens (primary N) is 1. The fourth-order valence-corrected chi connectivity index (χ4v) is 2.23. The average Bonchev–Trinajstić information content (AvgIpc) is 2.43. The van der Waals surface area contributed by atoms with Crippen LogP contribution >= 0.6 is 12.4 Å². The van der Waals surface area contributed by atoms with Crippen molar-refractivity contribution < 1.29 is 0 Å². The zero-order valence-corrected chi connectivity index (χ0v) is 11.3. The lowest BCUT2D eigenvalue weighted by Gasteiger charge is -2.12. The van der Waals surface area contributed by atoms with Gasteiger partial charge in [-0.15, -0.1) is 12.4 Å². The number of hydrogen-bond acceptors (Lipinski definition) is 3. The maximum absolute atomic E-state index is 5.59. The predicted molar refractivity (Wildman–Crippen MR) is 84.0 cm³/mol. The van der Waals surface area contributed by atoms with Gasteiger partial charge < -0.3 is 11.1 Å². The van der Waals surface area contributed by atoms with Crippen LogP contribution in [0.2, 0.25) is 0 Å². The summed E-state index contributed by atoms with van der Waals surface area (Å²) >= 11 is 0. The number of benzene rings is 2. The first-order valence-electron chi connectivity index (χ1n) is 6.11. The molecular formula is C15H16ClN3. The zero-order chi connectivity index (χ0) is 12.4. The van der Waals surface area contributed by atoms with Gasteiger partial charge in [-0.3, -0.25) is 0 Å². The van der Waals surface area contributed by atoms with Crippen molar-refractivity contribution in [3.8, 4) is 0 Å². The Hall–Kier alpha value is -1.84. The molecule has 0 fully saturated rings. The highest BCUT2D eigenvalue weighted by molar-refractivity contribution is 6.07. The summed E-state index contributed by atoms with van der Waals surface area (Å²) in [7, 11) is 0. The van der Waals surface area contributed by atoms with Crippen LogP contribution in [0.3, 0.4) is 0 Å². The van der Waals surface area contributed by atoms with Gasteiger partial charge in [0.1, 0.15) is 0 Å². The normalized spacial score (nSPS) is 10.4. The molecule has 3 nitrogen and oxygen atoms in total. The van der Waals surface area contributed by atoms with Gasteiger partial charge in [-0.25, -0.2) is 4.98 Å². The Morgan fingerprint density at radius 2 is 1.42 bits per heavy atom. The molecule has 3 aromatic rings. The smallest absolute Gasteiger partial charge is 0.0730 e. The second-order valence-corrected chi connectivity index (χ2v) is 4.24. The molecule has 0 aliphatic carbocycles. The van der Waals surface area contributed by atoms with Crippen molar-refractivity contribution >= 4 is 39.9 Å². The van der Waals surface area contributed by atoms with E-state index in [1.165, 1.54) is 0 Å². The van der Waals surface area contributed by atoms with E-state index in [0.29, 0.717) is 6.54 Å². The second-order valence-electron chi connectivity index (χ2n) is 4.24. The van der Waals surface area contributed by atoms with Crippen LogP contribution in [0.5, 0.6) is 0 Å². The van der Waals surface area contributed by atoms with Crippen molar-refractivity contribution in [1.29, 1.82) is 0 Å². The molecule has 0 saturated heterocycles. The molecule has 1 aromatic heterocycles. The minimum atomic E-state index is 0. The van der Waals surface area contributed by atoms with E-state index in [1.54, 1.807) is 0 Å². The van der Waals surface area contributed by atoms with Crippen molar-refractivity contribution in [1.82, 2.24) is 4.98 Å². The van der Waals surface area contributed by atoms with E-state index in [9.17, 15) is 0 Å². The molecule has 0 aliphatic rings. The highest BCUT2D eigenvalue weighted by atomic mass is 35.5. The molecule has 0 aliphatic heterocycles. The Morgan fingerprint density at radius 3 is 1.95 bits per heavy atom. The van der Waals surface area contributed by atoms with Gasteiger partial charge in [-0.05, 0) is 12.1 Å². The zero-order valence-electron chi connectivity index (χ0n) is 10.5. The fraction of sp³-hybridized carbons (Fsp3) is 0.133. The van der Waals surface area contributed by atoms with Crippen LogP contribution in [-0.4, -0.2) is 18.1 Å². The first-order valence-corrected chi connectivity index (χ1v) is 6.11. The lowest BCUT2D eigenvalue weighted by molar-refractivity contribution is 1.03. The highest BCUT2D eigenvalue weighted by Crippen LogP contribution is 2.30. The molecule has 2 aromatic carbocycles. The lowest BCUT2D eigenvalue weighted by Crippen LogP contribution is -2.13. The number of nitrogens with one attached hydrogen (secondary N) is 1. The molecule has 0 radical (unpaired) electrons. The van der Waals surface area contributed by atoms with E-state index < -0.39 is 0 Å². The summed E-state index contributed by atoms with van der Waals surface area (Å²) in [5, 5.41) is 5.70. The summed E-state index contributed by atoms with van der Waals surface area (Å²) in [5.41, 5.74) is 8.73. The van der Waals surface area contributed by atoms with Gasteiger partial charge in [0.2, 0.25) is 0 Å². The van der Waals surface area contributed by atoms with Crippen molar-refractivity contribution in [3.05, 3.63) is 48.5 Å². The van der Waals surface area contributed by atoms with E-state index >= 15 is 0 Å². The Labute approximate surface area is 118 Å². The molecule has 19 heavy (non-hydrogen) atoms. The van der Waals surface area contributed by atoms with E-state index in [-0.39, 0.29) is 12.4 Å². The summed E-state index contributed by atoms with van der Waals surface area (Å²) in [6.45, 7) is 1.38. The van der Waals surface area contributed by atoms with Gasteiger partial charge in [-0.1, -0.05) is 36.4 Å². The summed E-state index contributed by atoms with van der Waals surface area (Å²) in [4.78, 5) is 4.68. The molecule has 3 rings (SSSR count). The minimum absolute atomic E-state index is 0. The first kappa shape index (κ1) is 13.6. The molecule has 0 atom stereocenters. The van der Waals surface area contributed by atoms with Crippen LogP contribution in [0.25, 0.3) is 21.8 Å². The standard InChI is InChI=1S/C15H15N3.ClH/c16-9-10-17-15-11-5-1-3-7-13(11)18-14-8-4-2-6-12(14)15;/h1-8H,9-10,16H2,(H,17,18);1H. The molecular weight excluding hydrogens is 258 g/mol. The molecule has 0 bridgehead atoms. The number of pyridine rings is 1. The fourth-order valence-electron chi connectivity index (χ4n) is 2.23. The third-order valence-electron chi connectivity index (χ3n) is 3.03. The third-order valence-corrected chi connectivity index (χ3v) is 3.03. The van der Waals surface area contributed by atoms with E-state index in [2.05, 4.69) is 22.4 Å². The monoisotopic (exact) mass is 273 g/mol. The molecule has 1 heterocycles. The maximum Gasteiger partial charge on any atom is 0.0730 e. The molecule has 0 unspecified atom stereocenters. The summed E-state index contributed by atoms with van der Waals surface area (Å²) < 4.78 is 0. The molecule has 98 valence electrons. The van der Waals surface area contributed by atoms with Crippen LogP contribution in [0.4, 0.5) is 5.69 Å². The second kappa shape index (κ2) is 5.87. The van der Waals surface area contributed by atoms with Gasteiger partial charge in [0.15, 0.2) is 0 Å². The molecule has 0 amide bonds. The van der Waals surface area contributed by atoms with Crippen LogP contribution in [0.1, 0.15) is 0 Å². The van der Waals surface area contributed by atoms with Gasteiger partial charge in [0.05, 0.1) is 16.7 Å².